The molecule has 0 saturated carbocycles. The predicted octanol–water partition coefficient (Wildman–Crippen LogP) is 2.01. The van der Waals surface area contributed by atoms with Crippen molar-refractivity contribution in [1.82, 2.24) is 4.98 Å². The third kappa shape index (κ3) is 3.87. The van der Waals surface area contributed by atoms with E-state index in [1.54, 1.807) is 0 Å². The van der Waals surface area contributed by atoms with Crippen LogP contribution in [0.5, 0.6) is 0 Å². The van der Waals surface area contributed by atoms with E-state index in [2.05, 4.69) is 39.5 Å². The summed E-state index contributed by atoms with van der Waals surface area (Å²) in [6.07, 6.45) is 0. The van der Waals surface area contributed by atoms with E-state index < -0.39 is 0 Å². The number of aryl methyl sites for hydroxylation is 1. The number of anilines is 3. The van der Waals surface area contributed by atoms with Gasteiger partial charge < -0.3 is 22.6 Å². The fraction of sp³-hybridized carbons (Fsp3) is 0.167. The molecule has 1 aromatic heterocycles. The highest BCUT2D eigenvalue weighted by atomic mass is 35.5. The topological polar surface area (TPSA) is 28.2 Å². The molecule has 120 valence electrons. The lowest BCUT2D eigenvalue weighted by molar-refractivity contribution is -0.00000449. The molecule has 0 unspecified atom stereocenters. The maximum atomic E-state index is 6.13. The van der Waals surface area contributed by atoms with Gasteiger partial charge >= 0.3 is 0 Å². The molecule has 0 aliphatic carbocycles. The van der Waals surface area contributed by atoms with Crippen molar-refractivity contribution in [3.63, 3.8) is 0 Å². The lowest BCUT2D eigenvalue weighted by Crippen LogP contribution is -3.00. The van der Waals surface area contributed by atoms with Gasteiger partial charge in [0.2, 0.25) is 0 Å². The summed E-state index contributed by atoms with van der Waals surface area (Å²) in [6, 6.07) is 16.1. The average Bonchev–Trinajstić information content (AvgIpc) is 2.48. The Bertz CT molecular complexity index is 814. The normalized spacial score (nSPS) is 10.3. The van der Waals surface area contributed by atoms with E-state index in [0.29, 0.717) is 5.02 Å². The SMILES string of the molecule is Cc1cc(Nc2ccc(N(C)C)cc2)c2cc(Cl)ccc2n1.[Cl-]. The van der Waals surface area contributed by atoms with Gasteiger partial charge in [-0.15, -0.1) is 0 Å². The molecule has 0 bridgehead atoms. The van der Waals surface area contributed by atoms with E-state index in [-0.39, 0.29) is 12.4 Å². The van der Waals surface area contributed by atoms with E-state index in [4.69, 9.17) is 11.6 Å². The van der Waals surface area contributed by atoms with Crippen molar-refractivity contribution in [1.29, 1.82) is 0 Å². The molecule has 5 heteroatoms. The Morgan fingerprint density at radius 3 is 2.35 bits per heavy atom. The summed E-state index contributed by atoms with van der Waals surface area (Å²) in [5, 5.41) is 5.20. The van der Waals surface area contributed by atoms with Gasteiger partial charge in [0, 0.05) is 47.3 Å². The minimum absolute atomic E-state index is 0. The predicted molar refractivity (Wildman–Crippen MR) is 95.5 cm³/mol. The van der Waals surface area contributed by atoms with Crippen LogP contribution in [0.4, 0.5) is 17.1 Å². The van der Waals surface area contributed by atoms with Gasteiger partial charge in [0.05, 0.1) is 5.52 Å². The second-order valence-electron chi connectivity index (χ2n) is 5.54. The molecule has 0 fully saturated rings. The number of aromatic nitrogens is 1. The number of benzene rings is 2. The minimum Gasteiger partial charge on any atom is -1.00 e. The molecule has 3 nitrogen and oxygen atoms in total. The summed E-state index contributed by atoms with van der Waals surface area (Å²) in [6.45, 7) is 1.99. The fourth-order valence-corrected chi connectivity index (χ4v) is 2.60. The lowest BCUT2D eigenvalue weighted by atomic mass is 10.1. The van der Waals surface area contributed by atoms with Crippen molar-refractivity contribution in [2.75, 3.05) is 24.3 Å². The molecule has 0 radical (unpaired) electrons. The molecular formula is C18H18Cl2N3-. The molecule has 0 aliphatic rings. The second-order valence-corrected chi connectivity index (χ2v) is 5.98. The van der Waals surface area contributed by atoms with Crippen LogP contribution >= 0.6 is 11.6 Å². The zero-order chi connectivity index (χ0) is 15.7. The second kappa shape index (κ2) is 7.07. The van der Waals surface area contributed by atoms with E-state index in [1.165, 1.54) is 5.69 Å². The van der Waals surface area contributed by atoms with Crippen LogP contribution in [0.15, 0.2) is 48.5 Å². The molecular weight excluding hydrogens is 329 g/mol. The molecule has 0 atom stereocenters. The molecule has 1 N–H and O–H groups in total. The lowest BCUT2D eigenvalue weighted by Gasteiger charge is -2.14. The van der Waals surface area contributed by atoms with E-state index in [1.807, 2.05) is 45.3 Å². The average molecular weight is 347 g/mol. The molecule has 1 heterocycles. The number of nitrogens with zero attached hydrogens (tertiary/aromatic N) is 2. The molecule has 2 aromatic carbocycles. The zero-order valence-corrected chi connectivity index (χ0v) is 14.8. The van der Waals surface area contributed by atoms with Crippen molar-refractivity contribution in [3.8, 4) is 0 Å². The Kier molecular flexibility index (Phi) is 5.34. The molecule has 0 saturated heterocycles. The van der Waals surface area contributed by atoms with Gasteiger partial charge in [-0.2, -0.15) is 0 Å². The first-order valence-electron chi connectivity index (χ1n) is 7.14. The number of hydrogen-bond acceptors (Lipinski definition) is 3. The van der Waals surface area contributed by atoms with E-state index in [9.17, 15) is 0 Å². The third-order valence-corrected chi connectivity index (χ3v) is 3.80. The van der Waals surface area contributed by atoms with Crippen LogP contribution in [0, 0.1) is 6.92 Å². The van der Waals surface area contributed by atoms with E-state index >= 15 is 0 Å². The van der Waals surface area contributed by atoms with Crippen molar-refractivity contribution < 1.29 is 12.4 Å². The summed E-state index contributed by atoms with van der Waals surface area (Å²) in [7, 11) is 4.06. The molecule has 3 rings (SSSR count). The molecule has 23 heavy (non-hydrogen) atoms. The van der Waals surface area contributed by atoms with Crippen molar-refractivity contribution >= 4 is 39.6 Å². The molecule has 3 aromatic rings. The molecule has 0 amide bonds. The maximum Gasteiger partial charge on any atom is 0.0727 e. The highest BCUT2D eigenvalue weighted by Crippen LogP contribution is 2.29. The Hall–Kier alpha value is -1.97. The van der Waals surface area contributed by atoms with E-state index in [0.717, 1.165) is 28.0 Å². The highest BCUT2D eigenvalue weighted by Gasteiger charge is 2.06. The van der Waals surface area contributed by atoms with Crippen LogP contribution in [0.2, 0.25) is 5.02 Å². The van der Waals surface area contributed by atoms with Gasteiger partial charge in [-0.25, -0.2) is 0 Å². The van der Waals surface area contributed by atoms with Gasteiger partial charge in [-0.3, -0.25) is 4.98 Å². The van der Waals surface area contributed by atoms with Crippen LogP contribution in [-0.2, 0) is 0 Å². The summed E-state index contributed by atoms with van der Waals surface area (Å²) in [4.78, 5) is 6.63. The quantitative estimate of drug-likeness (QED) is 0.786. The zero-order valence-electron chi connectivity index (χ0n) is 13.3. The number of hydrogen-bond donors (Lipinski definition) is 1. The monoisotopic (exact) mass is 346 g/mol. The summed E-state index contributed by atoms with van der Waals surface area (Å²) in [5.41, 5.74) is 5.14. The van der Waals surface area contributed by atoms with Crippen LogP contribution < -0.4 is 22.6 Å². The summed E-state index contributed by atoms with van der Waals surface area (Å²) >= 11 is 6.13. The van der Waals surface area contributed by atoms with Crippen molar-refractivity contribution in [2.45, 2.75) is 6.92 Å². The largest absolute Gasteiger partial charge is 1.00 e. The number of fused-ring (bicyclic) bond motifs is 1. The number of pyridine rings is 1. The van der Waals surface area contributed by atoms with Crippen LogP contribution in [-0.4, -0.2) is 19.1 Å². The number of halogens is 2. The van der Waals surface area contributed by atoms with Crippen LogP contribution in [0.3, 0.4) is 0 Å². The van der Waals surface area contributed by atoms with Gasteiger partial charge in [0.15, 0.2) is 0 Å². The van der Waals surface area contributed by atoms with Crippen molar-refractivity contribution in [3.05, 3.63) is 59.2 Å². The fourth-order valence-electron chi connectivity index (χ4n) is 2.43. The van der Waals surface area contributed by atoms with Gasteiger partial charge in [-0.05, 0) is 55.5 Å². The Balaban J connectivity index is 0.00000192. The van der Waals surface area contributed by atoms with Crippen molar-refractivity contribution in [2.24, 2.45) is 0 Å². The van der Waals surface area contributed by atoms with Gasteiger partial charge in [-0.1, -0.05) is 11.6 Å². The van der Waals surface area contributed by atoms with Crippen LogP contribution in [0.25, 0.3) is 10.9 Å². The summed E-state index contributed by atoms with van der Waals surface area (Å²) < 4.78 is 0. The Labute approximate surface area is 147 Å². The molecule has 0 aliphatic heterocycles. The number of nitrogens with one attached hydrogen (secondary N) is 1. The third-order valence-electron chi connectivity index (χ3n) is 3.56. The minimum atomic E-state index is 0. The smallest absolute Gasteiger partial charge is 0.0727 e. The standard InChI is InChI=1S/C18H18ClN3.ClH/c1-12-10-18(16-11-13(19)4-9-17(16)20-12)21-14-5-7-15(8-6-14)22(2)3;/h4-11H,1-3H3,(H,20,21);1H/p-1. The number of rotatable bonds is 3. The first-order valence-corrected chi connectivity index (χ1v) is 7.52. The first-order chi connectivity index (χ1) is 10.5. The summed E-state index contributed by atoms with van der Waals surface area (Å²) in [5.74, 6) is 0. The highest BCUT2D eigenvalue weighted by molar-refractivity contribution is 6.31. The first kappa shape index (κ1) is 17.4. The Morgan fingerprint density at radius 2 is 1.70 bits per heavy atom. The Morgan fingerprint density at radius 1 is 1.00 bits per heavy atom. The molecule has 0 spiro atoms. The van der Waals surface area contributed by atoms with Gasteiger partial charge in [0.1, 0.15) is 0 Å². The maximum absolute atomic E-state index is 6.13. The van der Waals surface area contributed by atoms with Crippen LogP contribution in [0.1, 0.15) is 5.69 Å². The van der Waals surface area contributed by atoms with Gasteiger partial charge in [0.25, 0.3) is 0 Å².